The largest absolute Gasteiger partial charge is 0.485 e. The molecule has 23 heavy (non-hydrogen) atoms. The number of sulfone groups is 1. The molecule has 2 aromatic rings. The third-order valence-electron chi connectivity index (χ3n) is 3.69. The minimum Gasteiger partial charge on any atom is -0.485 e. The second-order valence-corrected chi connectivity index (χ2v) is 7.87. The van der Waals surface area contributed by atoms with Gasteiger partial charge in [0.1, 0.15) is 5.75 Å². The molecule has 1 aromatic heterocycles. The minimum absolute atomic E-state index is 0.0532. The number of hydrogen-bond acceptors (Lipinski definition) is 7. The summed E-state index contributed by atoms with van der Waals surface area (Å²) < 4.78 is 33.3. The van der Waals surface area contributed by atoms with Crippen molar-refractivity contribution in [1.29, 1.82) is 0 Å². The first kappa shape index (κ1) is 15.9. The number of rotatable bonds is 6. The van der Waals surface area contributed by atoms with Crippen LogP contribution in [-0.4, -0.2) is 36.1 Å². The highest BCUT2D eigenvalue weighted by Gasteiger charge is 2.27. The van der Waals surface area contributed by atoms with E-state index in [2.05, 4.69) is 15.5 Å². The molecule has 2 heterocycles. The van der Waals surface area contributed by atoms with Gasteiger partial charge in [-0.05, 0) is 24.1 Å². The first-order chi connectivity index (χ1) is 11.0. The van der Waals surface area contributed by atoms with E-state index in [0.717, 1.165) is 11.3 Å². The number of aromatic nitrogens is 2. The summed E-state index contributed by atoms with van der Waals surface area (Å²) in [5, 5.41) is 7.04. The Morgan fingerprint density at radius 3 is 2.74 bits per heavy atom. The van der Waals surface area contributed by atoms with Crippen LogP contribution in [-0.2, 0) is 23.0 Å². The molecule has 1 aliphatic heterocycles. The van der Waals surface area contributed by atoms with Gasteiger partial charge in [0, 0.05) is 19.5 Å². The molecule has 1 N–H and O–H groups in total. The molecule has 1 saturated heterocycles. The first-order valence-electron chi connectivity index (χ1n) is 7.45. The van der Waals surface area contributed by atoms with Gasteiger partial charge in [0.25, 0.3) is 0 Å². The molecule has 1 unspecified atom stereocenters. The SMILES string of the molecule is Cc1nc(COc2ccc(CNC3CCS(=O)(=O)C3)cc2)no1. The molecule has 1 atom stereocenters. The first-order valence-corrected chi connectivity index (χ1v) is 9.27. The number of aryl methyl sites for hydroxylation is 1. The Balaban J connectivity index is 1.47. The summed E-state index contributed by atoms with van der Waals surface area (Å²) in [6.07, 6.45) is 0.688. The average molecular weight is 337 g/mol. The van der Waals surface area contributed by atoms with Gasteiger partial charge in [0.05, 0.1) is 11.5 Å². The zero-order chi connectivity index (χ0) is 16.3. The Morgan fingerprint density at radius 1 is 1.35 bits per heavy atom. The molecule has 0 spiro atoms. The predicted octanol–water partition coefficient (Wildman–Crippen LogP) is 1.23. The van der Waals surface area contributed by atoms with Crippen LogP contribution in [0.4, 0.5) is 0 Å². The van der Waals surface area contributed by atoms with E-state index < -0.39 is 9.84 Å². The molecule has 0 radical (unpaired) electrons. The number of hydrogen-bond donors (Lipinski definition) is 1. The highest BCUT2D eigenvalue weighted by Crippen LogP contribution is 2.15. The van der Waals surface area contributed by atoms with Crippen molar-refractivity contribution in [3.63, 3.8) is 0 Å². The number of nitrogens with zero attached hydrogens (tertiary/aromatic N) is 2. The lowest BCUT2D eigenvalue weighted by Gasteiger charge is -2.11. The van der Waals surface area contributed by atoms with Crippen LogP contribution in [0.1, 0.15) is 23.7 Å². The number of benzene rings is 1. The van der Waals surface area contributed by atoms with Crippen molar-refractivity contribution in [2.24, 2.45) is 0 Å². The Hall–Kier alpha value is -1.93. The van der Waals surface area contributed by atoms with Crippen LogP contribution in [0.5, 0.6) is 5.75 Å². The Labute approximate surface area is 135 Å². The monoisotopic (exact) mass is 337 g/mol. The van der Waals surface area contributed by atoms with Gasteiger partial charge in [-0.25, -0.2) is 8.42 Å². The maximum absolute atomic E-state index is 11.4. The van der Waals surface area contributed by atoms with Gasteiger partial charge in [0.15, 0.2) is 16.4 Å². The molecule has 1 aromatic carbocycles. The van der Waals surface area contributed by atoms with Crippen molar-refractivity contribution < 1.29 is 17.7 Å². The van der Waals surface area contributed by atoms with Gasteiger partial charge in [0.2, 0.25) is 11.7 Å². The molecule has 0 saturated carbocycles. The van der Waals surface area contributed by atoms with Crippen LogP contribution in [0.2, 0.25) is 0 Å². The van der Waals surface area contributed by atoms with E-state index in [9.17, 15) is 8.42 Å². The summed E-state index contributed by atoms with van der Waals surface area (Å²) >= 11 is 0. The summed E-state index contributed by atoms with van der Waals surface area (Å²) in [5.41, 5.74) is 1.08. The third kappa shape index (κ3) is 4.52. The highest BCUT2D eigenvalue weighted by molar-refractivity contribution is 7.91. The average Bonchev–Trinajstić information content (AvgIpc) is 3.09. The van der Waals surface area contributed by atoms with Crippen LogP contribution in [0.25, 0.3) is 0 Å². The van der Waals surface area contributed by atoms with Crippen LogP contribution < -0.4 is 10.1 Å². The zero-order valence-corrected chi connectivity index (χ0v) is 13.7. The molecule has 8 heteroatoms. The quantitative estimate of drug-likeness (QED) is 0.847. The van der Waals surface area contributed by atoms with Crippen LogP contribution in [0.3, 0.4) is 0 Å². The van der Waals surface area contributed by atoms with Crippen LogP contribution in [0.15, 0.2) is 28.8 Å². The van der Waals surface area contributed by atoms with Gasteiger partial charge >= 0.3 is 0 Å². The second kappa shape index (κ2) is 6.67. The van der Waals surface area contributed by atoms with Gasteiger partial charge in [-0.15, -0.1) is 0 Å². The Bertz CT molecular complexity index is 755. The fraction of sp³-hybridized carbons (Fsp3) is 0.467. The molecule has 124 valence electrons. The zero-order valence-electron chi connectivity index (χ0n) is 12.9. The summed E-state index contributed by atoms with van der Waals surface area (Å²) in [6, 6.07) is 7.70. The maximum Gasteiger partial charge on any atom is 0.223 e. The van der Waals surface area contributed by atoms with E-state index in [1.165, 1.54) is 0 Å². The smallest absolute Gasteiger partial charge is 0.223 e. The van der Waals surface area contributed by atoms with E-state index in [1.807, 2.05) is 24.3 Å². The molecule has 1 aliphatic rings. The fourth-order valence-electron chi connectivity index (χ4n) is 2.47. The van der Waals surface area contributed by atoms with Crippen molar-refractivity contribution in [2.45, 2.75) is 32.5 Å². The van der Waals surface area contributed by atoms with Crippen molar-refractivity contribution >= 4 is 9.84 Å². The van der Waals surface area contributed by atoms with E-state index in [1.54, 1.807) is 6.92 Å². The summed E-state index contributed by atoms with van der Waals surface area (Å²) in [4.78, 5) is 4.07. The highest BCUT2D eigenvalue weighted by atomic mass is 32.2. The molecule has 3 rings (SSSR count). The van der Waals surface area contributed by atoms with Crippen molar-refractivity contribution in [1.82, 2.24) is 15.5 Å². The summed E-state index contributed by atoms with van der Waals surface area (Å²) in [6.45, 7) is 2.63. The minimum atomic E-state index is -2.84. The molecule has 7 nitrogen and oxygen atoms in total. The van der Waals surface area contributed by atoms with Crippen molar-refractivity contribution in [2.75, 3.05) is 11.5 Å². The number of ether oxygens (including phenoxy) is 1. The van der Waals surface area contributed by atoms with Crippen LogP contribution in [0, 0.1) is 6.92 Å². The lowest BCUT2D eigenvalue weighted by molar-refractivity contribution is 0.285. The predicted molar refractivity (Wildman–Crippen MR) is 83.7 cm³/mol. The summed E-state index contributed by atoms with van der Waals surface area (Å²) in [5.74, 6) is 2.26. The molecule has 0 bridgehead atoms. The Kier molecular flexibility index (Phi) is 4.63. The van der Waals surface area contributed by atoms with Crippen LogP contribution >= 0.6 is 0 Å². The Morgan fingerprint density at radius 2 is 2.13 bits per heavy atom. The van der Waals surface area contributed by atoms with Crippen molar-refractivity contribution in [3.05, 3.63) is 41.5 Å². The summed E-state index contributed by atoms with van der Waals surface area (Å²) in [7, 11) is -2.84. The molecule has 1 fully saturated rings. The van der Waals surface area contributed by atoms with E-state index in [4.69, 9.17) is 9.26 Å². The van der Waals surface area contributed by atoms with E-state index >= 15 is 0 Å². The maximum atomic E-state index is 11.4. The van der Waals surface area contributed by atoms with Gasteiger partial charge < -0.3 is 14.6 Å². The van der Waals surface area contributed by atoms with E-state index in [-0.39, 0.29) is 24.2 Å². The topological polar surface area (TPSA) is 94.3 Å². The van der Waals surface area contributed by atoms with Gasteiger partial charge in [-0.1, -0.05) is 17.3 Å². The third-order valence-corrected chi connectivity index (χ3v) is 5.46. The lowest BCUT2D eigenvalue weighted by atomic mass is 10.2. The van der Waals surface area contributed by atoms with Gasteiger partial charge in [-0.2, -0.15) is 4.98 Å². The fourth-order valence-corrected chi connectivity index (χ4v) is 4.18. The van der Waals surface area contributed by atoms with Crippen molar-refractivity contribution in [3.8, 4) is 5.75 Å². The number of nitrogens with one attached hydrogen (secondary N) is 1. The van der Waals surface area contributed by atoms with Gasteiger partial charge in [-0.3, -0.25) is 0 Å². The normalized spacial score (nSPS) is 19.8. The van der Waals surface area contributed by atoms with E-state index in [0.29, 0.717) is 24.7 Å². The molecular weight excluding hydrogens is 318 g/mol. The standard InChI is InChI=1S/C15H19N3O4S/c1-11-17-15(18-22-11)9-21-14-4-2-12(3-5-14)8-16-13-6-7-23(19,20)10-13/h2-5,13,16H,6-10H2,1H3. The second-order valence-electron chi connectivity index (χ2n) is 5.64. The molecular formula is C15H19N3O4S. The molecule has 0 amide bonds. The lowest BCUT2D eigenvalue weighted by Crippen LogP contribution is -2.29. The molecule has 0 aliphatic carbocycles.